The summed E-state index contributed by atoms with van der Waals surface area (Å²) in [5.41, 5.74) is 0.134. The van der Waals surface area contributed by atoms with Gasteiger partial charge in [0.05, 0.1) is 28.8 Å². The second-order valence-corrected chi connectivity index (χ2v) is 9.80. The Labute approximate surface area is 201 Å². The molecule has 0 saturated carbocycles. The van der Waals surface area contributed by atoms with E-state index in [1.807, 2.05) is 32.9 Å². The molecule has 1 unspecified atom stereocenters. The van der Waals surface area contributed by atoms with Crippen LogP contribution in [-0.4, -0.2) is 58.7 Å². The highest BCUT2D eigenvalue weighted by Crippen LogP contribution is 2.30. The maximum Gasteiger partial charge on any atom is 0.407 e. The average Bonchev–Trinajstić information content (AvgIpc) is 3.19. The molecule has 3 aromatic rings. The molecule has 0 saturated heterocycles. The number of aliphatic hydroxyl groups is 2. The summed E-state index contributed by atoms with van der Waals surface area (Å²) in [6.45, 7) is 4.67. The molecule has 9 nitrogen and oxygen atoms in total. The molecule has 0 aliphatic carbocycles. The quantitative estimate of drug-likeness (QED) is 0.364. The highest BCUT2D eigenvalue weighted by Gasteiger charge is 2.25. The Morgan fingerprint density at radius 3 is 2.44 bits per heavy atom. The predicted octanol–water partition coefficient (Wildman–Crippen LogP) is 3.28. The first kappa shape index (κ1) is 25.4. The highest BCUT2D eigenvalue weighted by atomic mass is 32.1. The number of carbonyl (C=O) groups excluding carboxylic acids is 2. The van der Waals surface area contributed by atoms with Gasteiger partial charge in [-0.1, -0.05) is 12.1 Å². The van der Waals surface area contributed by atoms with Crippen molar-refractivity contribution in [3.8, 4) is 5.75 Å². The lowest BCUT2D eigenvalue weighted by Crippen LogP contribution is -2.41. The molecule has 0 aliphatic rings. The average molecular weight is 488 g/mol. The SMILES string of the molecule is CC(C)(C)NC(=O)OCC(C(=O)Nc1cc2ccncc2s1)c1ccc(OC(CO)CO)cc1. The summed E-state index contributed by atoms with van der Waals surface area (Å²) in [6, 6.07) is 10.4. The zero-order valence-electron chi connectivity index (χ0n) is 19.3. The molecule has 0 aliphatic heterocycles. The number of anilines is 1. The topological polar surface area (TPSA) is 130 Å². The number of hydrogen-bond donors (Lipinski definition) is 4. The van der Waals surface area contributed by atoms with Gasteiger partial charge in [-0.2, -0.15) is 0 Å². The van der Waals surface area contributed by atoms with Gasteiger partial charge in [0.25, 0.3) is 0 Å². The number of aliphatic hydroxyl groups excluding tert-OH is 2. The molecule has 3 rings (SSSR count). The van der Waals surface area contributed by atoms with Gasteiger partial charge in [-0.25, -0.2) is 4.79 Å². The summed E-state index contributed by atoms with van der Waals surface area (Å²) in [5, 5.41) is 25.7. The first-order valence-electron chi connectivity index (χ1n) is 10.8. The van der Waals surface area contributed by atoms with Gasteiger partial charge in [0.15, 0.2) is 0 Å². The molecule has 0 radical (unpaired) electrons. The summed E-state index contributed by atoms with van der Waals surface area (Å²) in [4.78, 5) is 29.5. The highest BCUT2D eigenvalue weighted by molar-refractivity contribution is 7.22. The third-order valence-corrected chi connectivity index (χ3v) is 5.74. The lowest BCUT2D eigenvalue weighted by molar-refractivity contribution is -0.118. The van der Waals surface area contributed by atoms with Crippen molar-refractivity contribution in [1.82, 2.24) is 10.3 Å². The summed E-state index contributed by atoms with van der Waals surface area (Å²) in [5.74, 6) is -0.686. The van der Waals surface area contributed by atoms with Crippen molar-refractivity contribution < 1.29 is 29.3 Å². The van der Waals surface area contributed by atoms with Crippen molar-refractivity contribution in [3.63, 3.8) is 0 Å². The largest absolute Gasteiger partial charge is 0.486 e. The molecule has 0 spiro atoms. The van der Waals surface area contributed by atoms with Crippen LogP contribution in [0.25, 0.3) is 10.1 Å². The Balaban J connectivity index is 1.78. The molecular weight excluding hydrogens is 458 g/mol. The number of ether oxygens (including phenoxy) is 2. The maximum atomic E-state index is 13.2. The lowest BCUT2D eigenvalue weighted by Gasteiger charge is -2.22. The van der Waals surface area contributed by atoms with E-state index in [1.165, 1.54) is 11.3 Å². The van der Waals surface area contributed by atoms with E-state index in [1.54, 1.807) is 36.7 Å². The summed E-state index contributed by atoms with van der Waals surface area (Å²) < 4.78 is 11.8. The first-order valence-corrected chi connectivity index (χ1v) is 11.6. The summed E-state index contributed by atoms with van der Waals surface area (Å²) in [6.07, 6.45) is 2.06. The Kier molecular flexibility index (Phi) is 8.43. The van der Waals surface area contributed by atoms with Gasteiger partial charge in [0.2, 0.25) is 5.91 Å². The van der Waals surface area contributed by atoms with Crippen LogP contribution in [0.4, 0.5) is 9.80 Å². The number of rotatable bonds is 9. The van der Waals surface area contributed by atoms with Crippen molar-refractivity contribution in [3.05, 3.63) is 54.4 Å². The van der Waals surface area contributed by atoms with Crippen LogP contribution in [0.15, 0.2) is 48.8 Å². The van der Waals surface area contributed by atoms with Crippen molar-refractivity contribution >= 4 is 38.4 Å². The number of carbonyl (C=O) groups is 2. The van der Waals surface area contributed by atoms with Gasteiger partial charge in [0.1, 0.15) is 18.5 Å². The first-order chi connectivity index (χ1) is 16.2. The minimum atomic E-state index is -0.783. The van der Waals surface area contributed by atoms with E-state index < -0.39 is 23.7 Å². The third-order valence-electron chi connectivity index (χ3n) is 4.74. The number of amides is 2. The van der Waals surface area contributed by atoms with Crippen LogP contribution >= 0.6 is 11.3 Å². The molecule has 2 amide bonds. The number of alkyl carbamates (subject to hydrolysis) is 1. The molecule has 0 bridgehead atoms. The van der Waals surface area contributed by atoms with Crippen LogP contribution in [0, 0.1) is 0 Å². The number of pyridine rings is 1. The molecule has 182 valence electrons. The van der Waals surface area contributed by atoms with E-state index >= 15 is 0 Å². The van der Waals surface area contributed by atoms with E-state index in [2.05, 4.69) is 15.6 Å². The molecule has 1 aromatic carbocycles. The summed E-state index contributed by atoms with van der Waals surface area (Å²) in [7, 11) is 0. The van der Waals surface area contributed by atoms with E-state index in [4.69, 9.17) is 9.47 Å². The van der Waals surface area contributed by atoms with Crippen molar-refractivity contribution in [2.75, 3.05) is 25.1 Å². The van der Waals surface area contributed by atoms with Crippen LogP contribution in [0.5, 0.6) is 5.75 Å². The summed E-state index contributed by atoms with van der Waals surface area (Å²) >= 11 is 1.40. The Morgan fingerprint density at radius 1 is 1.12 bits per heavy atom. The fourth-order valence-corrected chi connectivity index (χ4v) is 4.02. The number of aromatic nitrogens is 1. The number of nitrogens with one attached hydrogen (secondary N) is 2. The number of benzene rings is 1. The minimum absolute atomic E-state index is 0.170. The second kappa shape index (κ2) is 11.3. The van der Waals surface area contributed by atoms with Crippen molar-refractivity contribution in [2.45, 2.75) is 38.3 Å². The van der Waals surface area contributed by atoms with Crippen LogP contribution in [-0.2, 0) is 9.53 Å². The standard InChI is InChI=1S/C24H29N3O6S/c1-24(2,3)27-23(31)32-14-19(15-4-6-17(7-5-15)33-18(12-28)13-29)22(30)26-21-10-16-8-9-25-11-20(16)34-21/h4-11,18-19,28-29H,12-14H2,1-3H3,(H,26,30)(H,27,31). The maximum absolute atomic E-state index is 13.2. The fourth-order valence-electron chi connectivity index (χ4n) is 3.08. The van der Waals surface area contributed by atoms with Gasteiger partial charge in [-0.05, 0) is 56.0 Å². The number of nitrogens with zero attached hydrogens (tertiary/aromatic N) is 1. The number of hydrogen-bond acceptors (Lipinski definition) is 8. The van der Waals surface area contributed by atoms with E-state index in [-0.39, 0.29) is 25.7 Å². The van der Waals surface area contributed by atoms with Crippen LogP contribution in [0.2, 0.25) is 0 Å². The number of thiophene rings is 1. The van der Waals surface area contributed by atoms with Gasteiger partial charge < -0.3 is 30.3 Å². The lowest BCUT2D eigenvalue weighted by atomic mass is 9.99. The van der Waals surface area contributed by atoms with Crippen LogP contribution in [0.1, 0.15) is 32.3 Å². The molecule has 2 heterocycles. The van der Waals surface area contributed by atoms with Crippen LogP contribution in [0.3, 0.4) is 0 Å². The molecule has 0 fully saturated rings. The Morgan fingerprint density at radius 2 is 1.82 bits per heavy atom. The van der Waals surface area contributed by atoms with Crippen LogP contribution < -0.4 is 15.4 Å². The fraction of sp³-hybridized carbons (Fsp3) is 0.375. The third kappa shape index (κ3) is 7.14. The predicted molar refractivity (Wildman–Crippen MR) is 130 cm³/mol. The van der Waals surface area contributed by atoms with Gasteiger partial charge in [0, 0.05) is 17.9 Å². The molecule has 2 aromatic heterocycles. The molecule has 10 heteroatoms. The van der Waals surface area contributed by atoms with Gasteiger partial charge in [-0.15, -0.1) is 11.3 Å². The van der Waals surface area contributed by atoms with E-state index in [0.29, 0.717) is 16.3 Å². The number of fused-ring (bicyclic) bond motifs is 1. The zero-order chi connectivity index (χ0) is 24.7. The zero-order valence-corrected chi connectivity index (χ0v) is 20.1. The molecular formula is C24H29N3O6S. The Hall–Kier alpha value is -3.21. The minimum Gasteiger partial charge on any atom is -0.486 e. The van der Waals surface area contributed by atoms with Gasteiger partial charge >= 0.3 is 6.09 Å². The van der Waals surface area contributed by atoms with Gasteiger partial charge in [-0.3, -0.25) is 9.78 Å². The molecule has 4 N–H and O–H groups in total. The van der Waals surface area contributed by atoms with E-state index in [9.17, 15) is 19.8 Å². The molecule has 34 heavy (non-hydrogen) atoms. The normalized spacial score (nSPS) is 12.4. The second-order valence-electron chi connectivity index (χ2n) is 8.71. The Bertz CT molecular complexity index is 1070. The smallest absolute Gasteiger partial charge is 0.407 e. The van der Waals surface area contributed by atoms with Crippen molar-refractivity contribution in [1.29, 1.82) is 0 Å². The van der Waals surface area contributed by atoms with Crippen molar-refractivity contribution in [2.24, 2.45) is 0 Å². The molecule has 1 atom stereocenters. The van der Waals surface area contributed by atoms with E-state index in [0.717, 1.165) is 10.1 Å². The monoisotopic (exact) mass is 487 g/mol.